The van der Waals surface area contributed by atoms with Gasteiger partial charge >= 0.3 is 5.69 Å². The molecule has 1 atom stereocenters. The van der Waals surface area contributed by atoms with Crippen LogP contribution in [0.3, 0.4) is 0 Å². The van der Waals surface area contributed by atoms with Crippen molar-refractivity contribution in [2.45, 2.75) is 18.9 Å². The monoisotopic (exact) mass is 363 g/mol. The summed E-state index contributed by atoms with van der Waals surface area (Å²) in [5, 5.41) is 6.19. The molecule has 0 radical (unpaired) electrons. The van der Waals surface area contributed by atoms with Gasteiger partial charge in [0.25, 0.3) is 5.56 Å². The first-order chi connectivity index (χ1) is 11.7. The Morgan fingerprint density at radius 1 is 1.32 bits per heavy atom. The topological polar surface area (TPSA) is 120 Å². The van der Waals surface area contributed by atoms with Crippen molar-refractivity contribution in [3.05, 3.63) is 45.4 Å². The number of pyridine rings is 1. The third-order valence-electron chi connectivity index (χ3n) is 4.16. The van der Waals surface area contributed by atoms with Crippen molar-refractivity contribution in [2.75, 3.05) is 18.4 Å². The zero-order valence-corrected chi connectivity index (χ0v) is 14.1. The maximum Gasteiger partial charge on any atom is 0.328 e. The predicted octanol–water partition coefficient (Wildman–Crippen LogP) is 0.898. The summed E-state index contributed by atoms with van der Waals surface area (Å²) < 4.78 is 1.67. The van der Waals surface area contributed by atoms with Crippen LogP contribution in [0.15, 0.2) is 34.1 Å². The lowest BCUT2D eigenvalue weighted by molar-refractivity contribution is 0.370. The number of nitrogens with zero attached hydrogens (tertiary/aromatic N) is 3. The van der Waals surface area contributed by atoms with E-state index in [9.17, 15) is 9.59 Å². The number of piperidine rings is 1. The molecular formula is C15H18ClN7O2. The van der Waals surface area contributed by atoms with Crippen LogP contribution in [0, 0.1) is 0 Å². The summed E-state index contributed by atoms with van der Waals surface area (Å²) in [6.45, 7) is 1.70. The lowest BCUT2D eigenvalue weighted by Crippen LogP contribution is -2.35. The van der Waals surface area contributed by atoms with Gasteiger partial charge in [0.05, 0.1) is 12.2 Å². The molecule has 0 saturated carbocycles. The van der Waals surface area contributed by atoms with Crippen LogP contribution >= 0.6 is 12.4 Å². The summed E-state index contributed by atoms with van der Waals surface area (Å²) in [4.78, 5) is 38.0. The summed E-state index contributed by atoms with van der Waals surface area (Å²) in [5.41, 5.74) is 1.02. The number of rotatable bonds is 3. The Morgan fingerprint density at radius 3 is 2.96 bits per heavy atom. The molecule has 0 spiro atoms. The van der Waals surface area contributed by atoms with Crippen LogP contribution in [0.1, 0.15) is 18.9 Å². The third-order valence-corrected chi connectivity index (χ3v) is 4.16. The summed E-state index contributed by atoms with van der Waals surface area (Å²) >= 11 is 0. The minimum Gasteiger partial charge on any atom is -0.327 e. The van der Waals surface area contributed by atoms with Gasteiger partial charge in [-0.15, -0.1) is 12.4 Å². The number of anilines is 2. The SMILES string of the molecule is Cl.O=c1[nH]cccc1Nc1ncc2[nH]c(=O)n(C3CCCNC3)c2n1. The van der Waals surface area contributed by atoms with E-state index in [4.69, 9.17) is 0 Å². The molecule has 10 heteroatoms. The van der Waals surface area contributed by atoms with Crippen molar-refractivity contribution in [3.8, 4) is 0 Å². The fourth-order valence-electron chi connectivity index (χ4n) is 3.01. The van der Waals surface area contributed by atoms with E-state index in [1.807, 2.05) is 0 Å². The maximum absolute atomic E-state index is 12.3. The molecule has 3 aromatic heterocycles. The van der Waals surface area contributed by atoms with Crippen LogP contribution in [0.2, 0.25) is 0 Å². The van der Waals surface area contributed by atoms with Crippen LogP contribution in [0.5, 0.6) is 0 Å². The zero-order valence-electron chi connectivity index (χ0n) is 13.3. The second-order valence-corrected chi connectivity index (χ2v) is 5.77. The molecule has 132 valence electrons. The molecule has 1 aliphatic heterocycles. The van der Waals surface area contributed by atoms with Crippen molar-refractivity contribution >= 4 is 35.2 Å². The van der Waals surface area contributed by atoms with Gasteiger partial charge in [0.2, 0.25) is 5.95 Å². The number of halogens is 1. The van der Waals surface area contributed by atoms with Crippen LogP contribution in [-0.4, -0.2) is 37.6 Å². The molecule has 1 aliphatic rings. The van der Waals surface area contributed by atoms with E-state index in [-0.39, 0.29) is 35.6 Å². The second kappa shape index (κ2) is 7.08. The van der Waals surface area contributed by atoms with E-state index in [1.165, 1.54) is 0 Å². The van der Waals surface area contributed by atoms with Crippen molar-refractivity contribution in [2.24, 2.45) is 0 Å². The quantitative estimate of drug-likeness (QED) is 0.548. The Balaban J connectivity index is 0.00000182. The Kier molecular flexibility index (Phi) is 4.86. The number of fused-ring (bicyclic) bond motifs is 1. The standard InChI is InChI=1S/C15H17N7O2.ClH/c23-13-10(4-2-6-17-13)19-14-18-8-11-12(21-14)22(15(24)20-11)9-3-1-5-16-7-9;/h2,4,6,8-9,16H,1,3,5,7H2,(H,17,23)(H,20,24)(H,18,19,21);1H. The van der Waals surface area contributed by atoms with E-state index >= 15 is 0 Å². The summed E-state index contributed by atoms with van der Waals surface area (Å²) in [6, 6.07) is 3.41. The summed E-state index contributed by atoms with van der Waals surface area (Å²) in [7, 11) is 0. The fourth-order valence-corrected chi connectivity index (χ4v) is 3.01. The first-order valence-corrected chi connectivity index (χ1v) is 7.85. The number of nitrogens with one attached hydrogen (secondary N) is 4. The van der Waals surface area contributed by atoms with Crippen LogP contribution in [-0.2, 0) is 0 Å². The average molecular weight is 364 g/mol. The molecule has 0 aromatic carbocycles. The molecule has 0 bridgehead atoms. The molecule has 3 aromatic rings. The van der Waals surface area contributed by atoms with Crippen LogP contribution in [0.4, 0.5) is 11.6 Å². The smallest absolute Gasteiger partial charge is 0.327 e. The lowest BCUT2D eigenvalue weighted by atomic mass is 10.1. The highest BCUT2D eigenvalue weighted by Gasteiger charge is 2.21. The van der Waals surface area contributed by atoms with Gasteiger partial charge in [-0.2, -0.15) is 4.98 Å². The van der Waals surface area contributed by atoms with Gasteiger partial charge in [-0.25, -0.2) is 9.78 Å². The van der Waals surface area contributed by atoms with E-state index < -0.39 is 0 Å². The minimum absolute atomic E-state index is 0. The molecule has 0 amide bonds. The highest BCUT2D eigenvalue weighted by Crippen LogP contribution is 2.20. The number of aromatic nitrogens is 5. The van der Waals surface area contributed by atoms with Gasteiger partial charge in [0.15, 0.2) is 5.65 Å². The van der Waals surface area contributed by atoms with Gasteiger partial charge in [0.1, 0.15) is 11.2 Å². The summed E-state index contributed by atoms with van der Waals surface area (Å²) in [6.07, 6.45) is 5.04. The fraction of sp³-hybridized carbons (Fsp3) is 0.333. The second-order valence-electron chi connectivity index (χ2n) is 5.77. The van der Waals surface area contributed by atoms with E-state index in [0.717, 1.165) is 25.9 Å². The summed E-state index contributed by atoms with van der Waals surface area (Å²) in [5.74, 6) is 0.274. The Morgan fingerprint density at radius 2 is 2.20 bits per heavy atom. The van der Waals surface area contributed by atoms with Crippen molar-refractivity contribution in [1.82, 2.24) is 29.8 Å². The number of hydrogen-bond acceptors (Lipinski definition) is 6. The zero-order chi connectivity index (χ0) is 16.5. The molecule has 0 aliphatic carbocycles. The average Bonchev–Trinajstić information content (AvgIpc) is 2.93. The number of imidazole rings is 1. The van der Waals surface area contributed by atoms with E-state index in [1.54, 1.807) is 29.1 Å². The molecule has 4 N–H and O–H groups in total. The Labute approximate surface area is 148 Å². The molecule has 4 rings (SSSR count). The van der Waals surface area contributed by atoms with Crippen LogP contribution < -0.4 is 21.9 Å². The van der Waals surface area contributed by atoms with Crippen LogP contribution in [0.25, 0.3) is 11.2 Å². The molecule has 1 saturated heterocycles. The van der Waals surface area contributed by atoms with Crippen molar-refractivity contribution in [1.29, 1.82) is 0 Å². The highest BCUT2D eigenvalue weighted by molar-refractivity contribution is 5.85. The molecule has 9 nitrogen and oxygen atoms in total. The number of aromatic amines is 2. The Hall–Kier alpha value is -2.65. The molecule has 4 heterocycles. The first kappa shape index (κ1) is 17.2. The number of hydrogen-bond donors (Lipinski definition) is 4. The van der Waals surface area contributed by atoms with Gasteiger partial charge in [-0.3, -0.25) is 9.36 Å². The van der Waals surface area contributed by atoms with Gasteiger partial charge in [-0.1, -0.05) is 0 Å². The lowest BCUT2D eigenvalue weighted by Gasteiger charge is -2.23. The van der Waals surface area contributed by atoms with E-state index in [0.29, 0.717) is 16.9 Å². The van der Waals surface area contributed by atoms with E-state index in [2.05, 4.69) is 30.6 Å². The normalized spacial score (nSPS) is 17.2. The van der Waals surface area contributed by atoms with Crippen molar-refractivity contribution in [3.63, 3.8) is 0 Å². The maximum atomic E-state index is 12.3. The predicted molar refractivity (Wildman–Crippen MR) is 96.9 cm³/mol. The minimum atomic E-state index is -0.260. The molecule has 1 fully saturated rings. The van der Waals surface area contributed by atoms with Gasteiger partial charge < -0.3 is 20.6 Å². The number of H-pyrrole nitrogens is 2. The van der Waals surface area contributed by atoms with Crippen molar-refractivity contribution < 1.29 is 0 Å². The highest BCUT2D eigenvalue weighted by atomic mass is 35.5. The largest absolute Gasteiger partial charge is 0.328 e. The van der Waals surface area contributed by atoms with Gasteiger partial charge in [-0.05, 0) is 31.5 Å². The Bertz CT molecular complexity index is 987. The first-order valence-electron chi connectivity index (χ1n) is 7.85. The molecule has 1 unspecified atom stereocenters. The third kappa shape index (κ3) is 3.28. The molecular weight excluding hydrogens is 346 g/mol. The van der Waals surface area contributed by atoms with Gasteiger partial charge in [0, 0.05) is 12.7 Å². The molecule has 25 heavy (non-hydrogen) atoms.